The Morgan fingerprint density at radius 1 is 1.18 bits per heavy atom. The van der Waals surface area contributed by atoms with Gasteiger partial charge < -0.3 is 19.4 Å². The number of carbonyl (C=O) groups excluding carboxylic acids is 3. The second-order valence-electron chi connectivity index (χ2n) is 7.03. The van der Waals surface area contributed by atoms with E-state index < -0.39 is 17.8 Å². The first-order valence-electron chi connectivity index (χ1n) is 9.47. The summed E-state index contributed by atoms with van der Waals surface area (Å²) in [5, 5.41) is 0. The number of urea groups is 1. The van der Waals surface area contributed by atoms with Gasteiger partial charge in [0.2, 0.25) is 0 Å². The summed E-state index contributed by atoms with van der Waals surface area (Å²) in [7, 11) is 3.71. The summed E-state index contributed by atoms with van der Waals surface area (Å²) in [4.78, 5) is 51.6. The van der Waals surface area contributed by atoms with Gasteiger partial charge in [0.05, 0.1) is 6.54 Å². The molecule has 2 aliphatic rings. The number of ether oxygens (including phenoxy) is 1. The Morgan fingerprint density at radius 2 is 1.93 bits per heavy atom. The Labute approximate surface area is 164 Å². The Bertz CT molecular complexity index is 755. The van der Waals surface area contributed by atoms with Gasteiger partial charge in [-0.25, -0.2) is 14.8 Å². The highest BCUT2D eigenvalue weighted by molar-refractivity contribution is 6.38. The van der Waals surface area contributed by atoms with E-state index in [1.807, 2.05) is 25.9 Å². The number of likely N-dealkylation sites (N-methyl/N-ethyl adjacent to an activating group) is 1. The number of anilines is 1. The van der Waals surface area contributed by atoms with Crippen molar-refractivity contribution in [3.63, 3.8) is 0 Å². The number of imide groups is 1. The summed E-state index contributed by atoms with van der Waals surface area (Å²) >= 11 is 0. The zero-order valence-corrected chi connectivity index (χ0v) is 16.5. The van der Waals surface area contributed by atoms with Gasteiger partial charge in [0.15, 0.2) is 5.82 Å². The van der Waals surface area contributed by atoms with E-state index in [4.69, 9.17) is 4.74 Å². The molecule has 10 nitrogen and oxygen atoms in total. The van der Waals surface area contributed by atoms with E-state index in [-0.39, 0.29) is 12.6 Å². The number of carbonyl (C=O) groups is 3. The minimum absolute atomic E-state index is 0.216. The van der Waals surface area contributed by atoms with Gasteiger partial charge in [0.25, 0.3) is 5.88 Å². The van der Waals surface area contributed by atoms with Crippen molar-refractivity contribution in [1.82, 2.24) is 24.7 Å². The molecule has 4 amide bonds. The van der Waals surface area contributed by atoms with Crippen LogP contribution in [-0.4, -0.2) is 95.4 Å². The molecule has 0 N–H and O–H groups in total. The smallest absolute Gasteiger partial charge is 0.327 e. The van der Waals surface area contributed by atoms with Crippen molar-refractivity contribution in [1.29, 1.82) is 0 Å². The van der Waals surface area contributed by atoms with Crippen molar-refractivity contribution in [2.24, 2.45) is 0 Å². The SMILES string of the molecule is CCN1CCN(C(=O)N2CCCC(Oc3nccnc3N(C)C)C2)C(=O)C1=O. The van der Waals surface area contributed by atoms with Crippen molar-refractivity contribution in [3.05, 3.63) is 12.4 Å². The molecule has 0 radical (unpaired) electrons. The summed E-state index contributed by atoms with van der Waals surface area (Å²) in [6.07, 6.45) is 4.41. The molecule has 0 spiro atoms. The average Bonchev–Trinajstić information content (AvgIpc) is 2.70. The zero-order valence-electron chi connectivity index (χ0n) is 16.5. The summed E-state index contributed by atoms with van der Waals surface area (Å²) < 4.78 is 6.01. The molecule has 1 aromatic heterocycles. The number of amides is 4. The number of piperazine rings is 1. The molecule has 3 rings (SSSR count). The maximum absolute atomic E-state index is 12.8. The highest BCUT2D eigenvalue weighted by atomic mass is 16.5. The number of aromatic nitrogens is 2. The number of piperidine rings is 1. The third kappa shape index (κ3) is 4.00. The molecular weight excluding hydrogens is 364 g/mol. The molecule has 1 atom stereocenters. The molecule has 28 heavy (non-hydrogen) atoms. The van der Waals surface area contributed by atoms with E-state index in [9.17, 15) is 14.4 Å². The van der Waals surface area contributed by atoms with Crippen LogP contribution in [0.3, 0.4) is 0 Å². The number of nitrogens with zero attached hydrogens (tertiary/aromatic N) is 6. The first-order valence-corrected chi connectivity index (χ1v) is 9.47. The second-order valence-corrected chi connectivity index (χ2v) is 7.03. The lowest BCUT2D eigenvalue weighted by molar-refractivity contribution is -0.154. The van der Waals surface area contributed by atoms with Crippen LogP contribution in [0.4, 0.5) is 10.6 Å². The van der Waals surface area contributed by atoms with Crippen LogP contribution < -0.4 is 9.64 Å². The molecule has 2 fully saturated rings. The van der Waals surface area contributed by atoms with Gasteiger partial charge in [-0.15, -0.1) is 0 Å². The van der Waals surface area contributed by atoms with E-state index in [0.29, 0.717) is 37.9 Å². The number of hydrogen-bond acceptors (Lipinski definition) is 7. The van der Waals surface area contributed by atoms with Gasteiger partial charge in [0.1, 0.15) is 6.10 Å². The third-order valence-electron chi connectivity index (χ3n) is 4.92. The van der Waals surface area contributed by atoms with Crippen molar-refractivity contribution in [3.8, 4) is 5.88 Å². The van der Waals surface area contributed by atoms with Gasteiger partial charge in [-0.2, -0.15) is 0 Å². The van der Waals surface area contributed by atoms with Gasteiger partial charge in [0, 0.05) is 52.7 Å². The molecule has 2 saturated heterocycles. The van der Waals surface area contributed by atoms with Crippen LogP contribution in [0.25, 0.3) is 0 Å². The fourth-order valence-electron chi connectivity index (χ4n) is 3.40. The Hall–Kier alpha value is -2.91. The number of hydrogen-bond donors (Lipinski definition) is 0. The highest BCUT2D eigenvalue weighted by Crippen LogP contribution is 2.24. The molecule has 0 aliphatic carbocycles. The molecule has 1 unspecified atom stereocenters. The number of rotatable bonds is 4. The molecule has 10 heteroatoms. The van der Waals surface area contributed by atoms with E-state index in [0.717, 1.165) is 17.7 Å². The first kappa shape index (κ1) is 19.8. The van der Waals surface area contributed by atoms with Crippen LogP contribution in [0.2, 0.25) is 0 Å². The maximum Gasteiger partial charge on any atom is 0.327 e. The van der Waals surface area contributed by atoms with Crippen LogP contribution in [0.15, 0.2) is 12.4 Å². The summed E-state index contributed by atoms with van der Waals surface area (Å²) in [6, 6.07) is -0.436. The molecule has 3 heterocycles. The Kier molecular flexibility index (Phi) is 5.96. The van der Waals surface area contributed by atoms with Gasteiger partial charge >= 0.3 is 17.8 Å². The van der Waals surface area contributed by atoms with Crippen molar-refractivity contribution in [2.75, 3.05) is 51.7 Å². The fraction of sp³-hybridized carbons (Fsp3) is 0.611. The van der Waals surface area contributed by atoms with E-state index in [1.165, 1.54) is 4.90 Å². The predicted molar refractivity (Wildman–Crippen MR) is 101 cm³/mol. The molecule has 0 aromatic carbocycles. The van der Waals surface area contributed by atoms with Crippen molar-refractivity contribution < 1.29 is 19.1 Å². The van der Waals surface area contributed by atoms with E-state index in [2.05, 4.69) is 9.97 Å². The molecule has 0 bridgehead atoms. The quantitative estimate of drug-likeness (QED) is 0.677. The van der Waals surface area contributed by atoms with Crippen LogP contribution in [-0.2, 0) is 9.59 Å². The Morgan fingerprint density at radius 3 is 2.64 bits per heavy atom. The predicted octanol–water partition coefficient (Wildman–Crippen LogP) is 0.197. The molecular formula is C18H26N6O4. The van der Waals surface area contributed by atoms with Crippen molar-refractivity contribution >= 4 is 23.7 Å². The first-order chi connectivity index (χ1) is 13.4. The minimum atomic E-state index is -0.759. The zero-order chi connectivity index (χ0) is 20.3. The highest BCUT2D eigenvalue weighted by Gasteiger charge is 2.38. The van der Waals surface area contributed by atoms with Crippen LogP contribution >= 0.6 is 0 Å². The lowest BCUT2D eigenvalue weighted by Crippen LogP contribution is -2.60. The average molecular weight is 390 g/mol. The minimum Gasteiger partial charge on any atom is -0.470 e. The monoisotopic (exact) mass is 390 g/mol. The largest absolute Gasteiger partial charge is 0.470 e. The van der Waals surface area contributed by atoms with Gasteiger partial charge in [-0.05, 0) is 19.8 Å². The van der Waals surface area contributed by atoms with Crippen molar-refractivity contribution in [2.45, 2.75) is 25.9 Å². The van der Waals surface area contributed by atoms with E-state index in [1.54, 1.807) is 17.3 Å². The number of likely N-dealkylation sites (tertiary alicyclic amines) is 1. The second kappa shape index (κ2) is 8.41. The standard InChI is InChI=1S/C18H26N6O4/c1-4-22-10-11-24(17(26)16(22)25)18(27)23-9-5-6-13(12-23)28-15-14(21(2)3)19-7-8-20-15/h7-8,13H,4-6,9-12H2,1-3H3. The normalized spacial score (nSPS) is 20.4. The molecule has 2 aliphatic heterocycles. The lowest BCUT2D eigenvalue weighted by Gasteiger charge is -2.38. The fourth-order valence-corrected chi connectivity index (χ4v) is 3.40. The summed E-state index contributed by atoms with van der Waals surface area (Å²) in [5.74, 6) is -0.357. The molecule has 0 saturated carbocycles. The summed E-state index contributed by atoms with van der Waals surface area (Å²) in [5.41, 5.74) is 0. The topological polar surface area (TPSA) is 99.2 Å². The van der Waals surface area contributed by atoms with Crippen LogP contribution in [0, 0.1) is 0 Å². The maximum atomic E-state index is 12.8. The molecule has 152 valence electrons. The van der Waals surface area contributed by atoms with Gasteiger partial charge in [-0.1, -0.05) is 0 Å². The van der Waals surface area contributed by atoms with E-state index >= 15 is 0 Å². The van der Waals surface area contributed by atoms with Gasteiger partial charge in [-0.3, -0.25) is 14.5 Å². The Balaban J connectivity index is 1.66. The van der Waals surface area contributed by atoms with Crippen LogP contribution in [0.1, 0.15) is 19.8 Å². The lowest BCUT2D eigenvalue weighted by atomic mass is 10.1. The summed E-state index contributed by atoms with van der Waals surface area (Å²) in [6.45, 7) is 3.70. The molecule has 1 aromatic rings. The third-order valence-corrected chi connectivity index (χ3v) is 4.92. The van der Waals surface area contributed by atoms with Crippen LogP contribution in [0.5, 0.6) is 5.88 Å².